The Bertz CT molecular complexity index is 1040. The van der Waals surface area contributed by atoms with Crippen LogP contribution in [0.2, 0.25) is 5.02 Å². The van der Waals surface area contributed by atoms with Crippen molar-refractivity contribution >= 4 is 17.5 Å². The van der Waals surface area contributed by atoms with Crippen LogP contribution in [-0.4, -0.2) is 34.7 Å². The maximum Gasteiger partial charge on any atom is 0.522 e. The Kier molecular flexibility index (Phi) is 6.69. The molecule has 2 heterocycles. The topological polar surface area (TPSA) is 93.8 Å². The van der Waals surface area contributed by atoms with Gasteiger partial charge in [-0.3, -0.25) is 9.53 Å². The van der Waals surface area contributed by atoms with Gasteiger partial charge in [0.2, 0.25) is 0 Å². The molecule has 2 atom stereocenters. The number of nitrogens with one attached hydrogen (secondary N) is 1. The molecule has 2 aliphatic rings. The van der Waals surface area contributed by atoms with Gasteiger partial charge in [-0.1, -0.05) is 23.3 Å². The number of ether oxygens (including phenoxy) is 2. The standard InChI is InChI=1S/C22H22ClF3N2O5/c1-11(27-21(30)20-10-17(29)16-8-13(23)3-5-18(16)31-20)2-4-14-9-19(33-28-14)12-6-15(7-12)32-22(24,25)26/h3,5,8-9,12,15,17,20,29H,1-2,4,6-7,10H2,(H,27,30)/t12-,15+,17-,20+/m1/s1. The maximum atomic E-state index is 12.6. The summed E-state index contributed by atoms with van der Waals surface area (Å²) in [7, 11) is 0. The molecule has 178 valence electrons. The van der Waals surface area contributed by atoms with Gasteiger partial charge in [-0.2, -0.15) is 0 Å². The van der Waals surface area contributed by atoms with Crippen LogP contribution in [0.5, 0.6) is 5.75 Å². The van der Waals surface area contributed by atoms with Crippen LogP contribution in [0.25, 0.3) is 0 Å². The lowest BCUT2D eigenvalue weighted by molar-refractivity contribution is -0.352. The number of rotatable bonds is 7. The monoisotopic (exact) mass is 486 g/mol. The van der Waals surface area contributed by atoms with Crippen molar-refractivity contribution in [2.75, 3.05) is 0 Å². The molecule has 1 amide bonds. The number of hydrogen-bond acceptors (Lipinski definition) is 6. The number of carbonyl (C=O) groups is 1. The number of halogens is 4. The maximum absolute atomic E-state index is 12.6. The molecule has 0 spiro atoms. The average molecular weight is 487 g/mol. The van der Waals surface area contributed by atoms with E-state index >= 15 is 0 Å². The molecule has 33 heavy (non-hydrogen) atoms. The summed E-state index contributed by atoms with van der Waals surface area (Å²) in [6, 6.07) is 6.53. The molecule has 1 fully saturated rings. The lowest BCUT2D eigenvalue weighted by atomic mass is 9.80. The highest BCUT2D eigenvalue weighted by Gasteiger charge is 2.42. The summed E-state index contributed by atoms with van der Waals surface area (Å²) in [6.45, 7) is 3.84. The molecule has 2 aromatic rings. The SMILES string of the molecule is C=C(CCc1cc([C@H]2C[C@@H](OC(F)(F)F)C2)on1)NC(=O)[C@@H]1C[C@@H](O)c2cc(Cl)ccc2O1. The minimum absolute atomic E-state index is 0.0829. The Morgan fingerprint density at radius 1 is 1.30 bits per heavy atom. The molecule has 0 radical (unpaired) electrons. The summed E-state index contributed by atoms with van der Waals surface area (Å²) in [5, 5.41) is 17.4. The minimum atomic E-state index is -4.63. The molecule has 1 aliphatic carbocycles. The molecule has 4 rings (SSSR count). The Balaban J connectivity index is 1.23. The van der Waals surface area contributed by atoms with Crippen molar-refractivity contribution in [1.82, 2.24) is 10.5 Å². The smallest absolute Gasteiger partial charge is 0.480 e. The molecule has 11 heteroatoms. The van der Waals surface area contributed by atoms with Gasteiger partial charge in [0.05, 0.1) is 17.9 Å². The second-order valence-corrected chi connectivity index (χ2v) is 8.64. The number of aromatic nitrogens is 1. The first-order chi connectivity index (χ1) is 15.6. The number of hydrogen-bond donors (Lipinski definition) is 2. The zero-order chi connectivity index (χ0) is 23.8. The molecule has 1 aromatic heterocycles. The molecular weight excluding hydrogens is 465 g/mol. The van der Waals surface area contributed by atoms with E-state index in [0.29, 0.717) is 46.3 Å². The van der Waals surface area contributed by atoms with Gasteiger partial charge < -0.3 is 19.7 Å². The third-order valence-corrected chi connectivity index (χ3v) is 5.92. The number of allylic oxidation sites excluding steroid dienone is 1. The number of aryl methyl sites for hydroxylation is 1. The van der Waals surface area contributed by atoms with Crippen molar-refractivity contribution in [2.45, 2.75) is 62.7 Å². The third-order valence-electron chi connectivity index (χ3n) is 5.69. The van der Waals surface area contributed by atoms with Crippen LogP contribution in [0, 0.1) is 0 Å². The highest BCUT2D eigenvalue weighted by atomic mass is 35.5. The Hall–Kier alpha value is -2.56. The van der Waals surface area contributed by atoms with Crippen LogP contribution >= 0.6 is 11.6 Å². The number of aliphatic hydroxyl groups is 1. The van der Waals surface area contributed by atoms with Crippen LogP contribution in [0.1, 0.15) is 54.7 Å². The molecule has 0 bridgehead atoms. The van der Waals surface area contributed by atoms with E-state index in [0.717, 1.165) is 0 Å². The van der Waals surface area contributed by atoms with E-state index in [-0.39, 0.29) is 25.2 Å². The summed E-state index contributed by atoms with van der Waals surface area (Å²) in [6.07, 6.45) is -5.92. The number of aliphatic hydroxyl groups excluding tert-OH is 1. The van der Waals surface area contributed by atoms with Gasteiger partial charge in [-0.25, -0.2) is 0 Å². The predicted octanol–water partition coefficient (Wildman–Crippen LogP) is 4.56. The van der Waals surface area contributed by atoms with Crippen molar-refractivity contribution in [3.63, 3.8) is 0 Å². The van der Waals surface area contributed by atoms with Gasteiger partial charge in [-0.05, 0) is 43.9 Å². The molecule has 1 saturated carbocycles. The van der Waals surface area contributed by atoms with E-state index in [9.17, 15) is 23.1 Å². The number of carbonyl (C=O) groups excluding carboxylic acids is 1. The average Bonchev–Trinajstić information content (AvgIpc) is 3.17. The van der Waals surface area contributed by atoms with Gasteiger partial charge in [0.1, 0.15) is 11.5 Å². The highest BCUT2D eigenvalue weighted by Crippen LogP contribution is 2.41. The molecular formula is C22H22ClF3N2O5. The predicted molar refractivity (Wildman–Crippen MR) is 110 cm³/mol. The first-order valence-electron chi connectivity index (χ1n) is 10.4. The first-order valence-corrected chi connectivity index (χ1v) is 10.8. The number of amides is 1. The van der Waals surface area contributed by atoms with Crippen LogP contribution in [-0.2, 0) is 16.0 Å². The number of alkyl halides is 3. The van der Waals surface area contributed by atoms with Crippen molar-refractivity contribution in [2.24, 2.45) is 0 Å². The first kappa shape index (κ1) is 23.6. The summed E-state index contributed by atoms with van der Waals surface area (Å²) in [5.41, 5.74) is 1.58. The van der Waals surface area contributed by atoms with Crippen molar-refractivity contribution < 1.29 is 37.1 Å². The summed E-state index contributed by atoms with van der Waals surface area (Å²) >= 11 is 5.94. The van der Waals surface area contributed by atoms with E-state index in [2.05, 4.69) is 21.8 Å². The zero-order valence-electron chi connectivity index (χ0n) is 17.4. The number of nitrogens with zero attached hydrogens (tertiary/aromatic N) is 1. The zero-order valence-corrected chi connectivity index (χ0v) is 18.2. The van der Waals surface area contributed by atoms with Crippen LogP contribution in [0.15, 0.2) is 41.1 Å². The fraction of sp³-hybridized carbons (Fsp3) is 0.455. The van der Waals surface area contributed by atoms with Crippen molar-refractivity contribution in [3.05, 3.63) is 58.6 Å². The molecule has 0 saturated heterocycles. The van der Waals surface area contributed by atoms with Crippen LogP contribution in [0.3, 0.4) is 0 Å². The quantitative estimate of drug-likeness (QED) is 0.596. The lowest BCUT2D eigenvalue weighted by Crippen LogP contribution is -2.41. The normalized spacial score (nSPS) is 24.4. The summed E-state index contributed by atoms with van der Waals surface area (Å²) in [5.74, 6) is 0.336. The second kappa shape index (κ2) is 9.36. The van der Waals surface area contributed by atoms with E-state index in [1.807, 2.05) is 0 Å². The summed E-state index contributed by atoms with van der Waals surface area (Å²) in [4.78, 5) is 12.6. The van der Waals surface area contributed by atoms with E-state index in [4.69, 9.17) is 20.9 Å². The largest absolute Gasteiger partial charge is 0.522 e. The fourth-order valence-electron chi connectivity index (χ4n) is 3.90. The molecule has 0 unspecified atom stereocenters. The molecule has 7 nitrogen and oxygen atoms in total. The Labute approximate surface area is 192 Å². The fourth-order valence-corrected chi connectivity index (χ4v) is 4.08. The van der Waals surface area contributed by atoms with Gasteiger partial charge >= 0.3 is 6.36 Å². The lowest BCUT2D eigenvalue weighted by Gasteiger charge is -2.33. The molecule has 2 N–H and O–H groups in total. The Morgan fingerprint density at radius 3 is 2.79 bits per heavy atom. The number of benzene rings is 1. The van der Waals surface area contributed by atoms with Crippen LogP contribution < -0.4 is 10.1 Å². The van der Waals surface area contributed by atoms with Crippen molar-refractivity contribution in [3.8, 4) is 5.75 Å². The third kappa shape index (κ3) is 5.87. The van der Waals surface area contributed by atoms with Gasteiger partial charge in [0.25, 0.3) is 5.91 Å². The Morgan fingerprint density at radius 2 is 2.06 bits per heavy atom. The summed E-state index contributed by atoms with van der Waals surface area (Å²) < 4.78 is 51.6. The molecule has 1 aromatic carbocycles. The highest BCUT2D eigenvalue weighted by molar-refractivity contribution is 6.30. The molecule has 1 aliphatic heterocycles. The van der Waals surface area contributed by atoms with Gasteiger partial charge in [0, 0.05) is 34.7 Å². The second-order valence-electron chi connectivity index (χ2n) is 8.21. The van der Waals surface area contributed by atoms with Crippen molar-refractivity contribution in [1.29, 1.82) is 0 Å². The van der Waals surface area contributed by atoms with Gasteiger partial charge in [-0.15, -0.1) is 13.2 Å². The number of fused-ring (bicyclic) bond motifs is 1. The van der Waals surface area contributed by atoms with E-state index in [1.54, 1.807) is 24.3 Å². The van der Waals surface area contributed by atoms with Gasteiger partial charge in [0.15, 0.2) is 6.10 Å². The van der Waals surface area contributed by atoms with E-state index in [1.165, 1.54) is 0 Å². The van der Waals surface area contributed by atoms with E-state index < -0.39 is 30.6 Å². The minimum Gasteiger partial charge on any atom is -0.480 e. The van der Waals surface area contributed by atoms with Crippen LogP contribution in [0.4, 0.5) is 13.2 Å².